The maximum absolute atomic E-state index is 11.7. The Morgan fingerprint density at radius 1 is 1.45 bits per heavy atom. The summed E-state index contributed by atoms with van der Waals surface area (Å²) in [6.45, 7) is 6.82. The Kier molecular flexibility index (Phi) is 3.90. The normalized spacial score (nSPS) is 30.1. The molecule has 5 nitrogen and oxygen atoms in total. The maximum atomic E-state index is 11.7. The summed E-state index contributed by atoms with van der Waals surface area (Å²) in [5.41, 5.74) is 1.23. The van der Waals surface area contributed by atoms with Gasteiger partial charge in [-0.3, -0.25) is 4.79 Å². The number of allylic oxidation sites excluding steroid dienone is 1. The smallest absolute Gasteiger partial charge is 0.334 e. The third-order valence-corrected chi connectivity index (χ3v) is 4.01. The number of aliphatic hydroxyl groups is 1. The van der Waals surface area contributed by atoms with Gasteiger partial charge in [0.2, 0.25) is 0 Å². The van der Waals surface area contributed by atoms with Crippen molar-refractivity contribution in [1.29, 1.82) is 0 Å². The highest BCUT2D eigenvalue weighted by molar-refractivity contribution is 6.00. The molecule has 20 heavy (non-hydrogen) atoms. The first-order valence-electron chi connectivity index (χ1n) is 6.64. The van der Waals surface area contributed by atoms with Crippen LogP contribution in [-0.2, 0) is 19.1 Å². The van der Waals surface area contributed by atoms with Gasteiger partial charge in [-0.1, -0.05) is 6.58 Å². The van der Waals surface area contributed by atoms with Gasteiger partial charge in [-0.05, 0) is 25.8 Å². The molecule has 0 aromatic rings. The van der Waals surface area contributed by atoms with Crippen LogP contribution < -0.4 is 0 Å². The van der Waals surface area contributed by atoms with Crippen LogP contribution in [-0.4, -0.2) is 34.9 Å². The second-order valence-electron chi connectivity index (χ2n) is 5.42. The van der Waals surface area contributed by atoms with Crippen molar-refractivity contribution in [1.82, 2.24) is 0 Å². The van der Waals surface area contributed by atoms with Crippen molar-refractivity contribution in [3.8, 4) is 0 Å². The molecule has 1 fully saturated rings. The number of esters is 1. The number of hydrogen-bond acceptors (Lipinski definition) is 5. The van der Waals surface area contributed by atoms with Crippen LogP contribution in [0.4, 0.5) is 0 Å². The molecule has 3 atom stereocenters. The van der Waals surface area contributed by atoms with Crippen LogP contribution in [0.3, 0.4) is 0 Å². The number of rotatable bonds is 4. The SMILES string of the molecule is C=C1C(=O)O[C@H](C2=C(C)C(=O)C[C@@H]2O)[C@@H]1CCC(C)=O. The van der Waals surface area contributed by atoms with E-state index < -0.39 is 18.2 Å². The minimum absolute atomic E-state index is 0.0182. The van der Waals surface area contributed by atoms with Gasteiger partial charge in [0.05, 0.1) is 6.10 Å². The number of cyclic esters (lactones) is 1. The minimum atomic E-state index is -0.911. The minimum Gasteiger partial charge on any atom is -0.454 e. The zero-order chi connectivity index (χ0) is 15.0. The average Bonchev–Trinajstić information content (AvgIpc) is 2.76. The van der Waals surface area contributed by atoms with Crippen LogP contribution >= 0.6 is 0 Å². The lowest BCUT2D eigenvalue weighted by Gasteiger charge is -2.21. The van der Waals surface area contributed by atoms with Crippen molar-refractivity contribution in [2.45, 2.75) is 45.3 Å². The topological polar surface area (TPSA) is 80.7 Å². The number of Topliss-reactive ketones (excluding diaryl/α,β-unsaturated/α-hetero) is 2. The molecule has 1 saturated heterocycles. The zero-order valence-corrected chi connectivity index (χ0v) is 11.6. The Morgan fingerprint density at radius 3 is 2.60 bits per heavy atom. The molecule has 0 radical (unpaired) electrons. The summed E-state index contributed by atoms with van der Waals surface area (Å²) in [6.07, 6.45) is -0.807. The van der Waals surface area contributed by atoms with Gasteiger partial charge in [0, 0.05) is 29.9 Å². The standard InChI is InChI=1S/C15H18O5/c1-7(16)4-5-10-8(2)15(19)20-14(10)13-9(3)11(17)6-12(13)18/h10,12,14,18H,2,4-6H2,1,3H3/t10-,12+,14+/m1/s1. The molecule has 0 bridgehead atoms. The fourth-order valence-corrected chi connectivity index (χ4v) is 2.82. The largest absolute Gasteiger partial charge is 0.454 e. The molecule has 0 amide bonds. The van der Waals surface area contributed by atoms with E-state index in [-0.39, 0.29) is 23.9 Å². The van der Waals surface area contributed by atoms with Crippen molar-refractivity contribution in [2.75, 3.05) is 0 Å². The molecule has 0 aromatic heterocycles. The first kappa shape index (κ1) is 14.7. The van der Waals surface area contributed by atoms with Crippen LogP contribution in [0.15, 0.2) is 23.3 Å². The quantitative estimate of drug-likeness (QED) is 0.615. The summed E-state index contributed by atoms with van der Waals surface area (Å²) in [6, 6.07) is 0. The molecule has 5 heteroatoms. The van der Waals surface area contributed by atoms with Crippen molar-refractivity contribution < 1.29 is 24.2 Å². The van der Waals surface area contributed by atoms with Gasteiger partial charge in [-0.25, -0.2) is 4.79 Å². The molecule has 2 rings (SSSR count). The van der Waals surface area contributed by atoms with Gasteiger partial charge in [0.25, 0.3) is 0 Å². The Bertz CT molecular complexity index is 528. The highest BCUT2D eigenvalue weighted by Crippen LogP contribution is 2.39. The van der Waals surface area contributed by atoms with Crippen LogP contribution in [0.25, 0.3) is 0 Å². The van der Waals surface area contributed by atoms with Crippen molar-refractivity contribution in [2.24, 2.45) is 5.92 Å². The van der Waals surface area contributed by atoms with Crippen molar-refractivity contribution in [3.05, 3.63) is 23.3 Å². The molecule has 0 spiro atoms. The van der Waals surface area contributed by atoms with Gasteiger partial charge in [0.15, 0.2) is 5.78 Å². The van der Waals surface area contributed by atoms with Crippen LogP contribution in [0.5, 0.6) is 0 Å². The summed E-state index contributed by atoms with van der Waals surface area (Å²) < 4.78 is 5.27. The van der Waals surface area contributed by atoms with E-state index in [0.717, 1.165) is 0 Å². The van der Waals surface area contributed by atoms with E-state index in [1.165, 1.54) is 6.92 Å². The van der Waals surface area contributed by atoms with Crippen molar-refractivity contribution >= 4 is 17.5 Å². The number of ketones is 2. The van der Waals surface area contributed by atoms with E-state index in [0.29, 0.717) is 29.6 Å². The van der Waals surface area contributed by atoms with Crippen LogP contribution in [0.2, 0.25) is 0 Å². The lowest BCUT2D eigenvalue weighted by Crippen LogP contribution is -2.26. The van der Waals surface area contributed by atoms with E-state index in [1.807, 2.05) is 0 Å². The fourth-order valence-electron chi connectivity index (χ4n) is 2.82. The molecule has 1 aliphatic carbocycles. The average molecular weight is 278 g/mol. The van der Waals surface area contributed by atoms with E-state index in [1.54, 1.807) is 6.92 Å². The predicted molar refractivity (Wildman–Crippen MR) is 70.8 cm³/mol. The molecule has 1 heterocycles. The molecular weight excluding hydrogens is 260 g/mol. The molecular formula is C15H18O5. The summed E-state index contributed by atoms with van der Waals surface area (Å²) in [4.78, 5) is 34.5. The zero-order valence-electron chi connectivity index (χ0n) is 11.6. The highest BCUT2D eigenvalue weighted by atomic mass is 16.6. The Morgan fingerprint density at radius 2 is 2.10 bits per heavy atom. The summed E-state index contributed by atoms with van der Waals surface area (Å²) in [5, 5.41) is 9.99. The Labute approximate surface area is 117 Å². The van der Waals surface area contributed by atoms with Crippen LogP contribution in [0, 0.1) is 5.92 Å². The molecule has 0 unspecified atom stereocenters. The number of carbonyl (C=O) groups is 3. The number of carbonyl (C=O) groups excluding carboxylic acids is 3. The van der Waals surface area contributed by atoms with E-state index in [4.69, 9.17) is 4.74 Å². The predicted octanol–water partition coefficient (Wildman–Crippen LogP) is 1.10. The lowest BCUT2D eigenvalue weighted by molar-refractivity contribution is -0.138. The first-order chi connectivity index (χ1) is 9.32. The Balaban J connectivity index is 2.29. The molecule has 1 N–H and O–H groups in total. The lowest BCUT2D eigenvalue weighted by atomic mass is 9.86. The molecule has 1 aliphatic heterocycles. The van der Waals surface area contributed by atoms with E-state index in [9.17, 15) is 19.5 Å². The van der Waals surface area contributed by atoms with Gasteiger partial charge in [0.1, 0.15) is 11.9 Å². The van der Waals surface area contributed by atoms with E-state index in [2.05, 4.69) is 6.58 Å². The number of hydrogen-bond donors (Lipinski definition) is 1. The number of ether oxygens (including phenoxy) is 1. The molecule has 108 valence electrons. The summed E-state index contributed by atoms with van der Waals surface area (Å²) in [7, 11) is 0. The second kappa shape index (κ2) is 5.32. The number of aliphatic hydroxyl groups excluding tert-OH is 1. The second-order valence-corrected chi connectivity index (χ2v) is 5.42. The third-order valence-electron chi connectivity index (χ3n) is 4.01. The first-order valence-corrected chi connectivity index (χ1v) is 6.64. The van der Waals surface area contributed by atoms with Crippen LogP contribution in [0.1, 0.15) is 33.1 Å². The Hall–Kier alpha value is -1.75. The van der Waals surface area contributed by atoms with Gasteiger partial charge >= 0.3 is 5.97 Å². The molecule has 0 saturated carbocycles. The monoisotopic (exact) mass is 278 g/mol. The van der Waals surface area contributed by atoms with Gasteiger partial charge < -0.3 is 14.6 Å². The third kappa shape index (κ3) is 2.45. The maximum Gasteiger partial charge on any atom is 0.334 e. The van der Waals surface area contributed by atoms with E-state index >= 15 is 0 Å². The summed E-state index contributed by atoms with van der Waals surface area (Å²) in [5.74, 6) is -0.983. The highest BCUT2D eigenvalue weighted by Gasteiger charge is 2.45. The van der Waals surface area contributed by atoms with Crippen molar-refractivity contribution in [3.63, 3.8) is 0 Å². The van der Waals surface area contributed by atoms with Gasteiger partial charge in [-0.15, -0.1) is 0 Å². The fraction of sp³-hybridized carbons (Fsp3) is 0.533. The van der Waals surface area contributed by atoms with Gasteiger partial charge in [-0.2, -0.15) is 0 Å². The molecule has 2 aliphatic rings. The molecule has 0 aromatic carbocycles. The summed E-state index contributed by atoms with van der Waals surface area (Å²) >= 11 is 0.